The molecule has 47 heavy (non-hydrogen) atoms. The van der Waals surface area contributed by atoms with Gasteiger partial charge in [-0.3, -0.25) is 20.2 Å². The van der Waals surface area contributed by atoms with Crippen LogP contribution in [-0.4, -0.2) is 61.2 Å². The standard InChI is InChI=1S/C31H28N8O8/c1-36(2)24-10-6-22(7-11-24)32-35-27-15-5-21(19-29(27)39(45)46)31(42)47-17-16-37(3)25-12-8-23(9-13-25)33-34-26-14-4-20(30(40)41)18-28(26)38(43)44/h4-15,18-19H,16-17H2,1-3H3,(H,40,41). The summed E-state index contributed by atoms with van der Waals surface area (Å²) in [6, 6.07) is 20.9. The summed E-state index contributed by atoms with van der Waals surface area (Å²) in [5.41, 5.74) is 1.34. The average Bonchev–Trinajstić information content (AvgIpc) is 3.06. The van der Waals surface area contributed by atoms with Crippen LogP contribution in [-0.2, 0) is 4.74 Å². The number of nitro benzene ring substituents is 2. The highest BCUT2D eigenvalue weighted by Crippen LogP contribution is 2.32. The van der Waals surface area contributed by atoms with E-state index in [0.717, 1.165) is 23.5 Å². The molecule has 0 heterocycles. The molecule has 0 bridgehead atoms. The maximum Gasteiger partial charge on any atom is 0.338 e. The number of azo groups is 2. The Morgan fingerprint density at radius 1 is 0.702 bits per heavy atom. The molecule has 0 unspecified atom stereocenters. The summed E-state index contributed by atoms with van der Waals surface area (Å²) in [5, 5.41) is 48.0. The maximum atomic E-state index is 12.7. The minimum Gasteiger partial charge on any atom is -0.478 e. The molecule has 0 saturated heterocycles. The zero-order valence-electron chi connectivity index (χ0n) is 25.4. The lowest BCUT2D eigenvalue weighted by atomic mass is 10.2. The lowest BCUT2D eigenvalue weighted by molar-refractivity contribution is -0.384. The Morgan fingerprint density at radius 3 is 1.64 bits per heavy atom. The Hall–Kier alpha value is -6.58. The van der Waals surface area contributed by atoms with Crippen LogP contribution >= 0.6 is 0 Å². The summed E-state index contributed by atoms with van der Waals surface area (Å²) in [4.78, 5) is 49.1. The number of likely N-dealkylation sites (N-methyl/N-ethyl adjacent to an activating group) is 1. The molecule has 0 atom stereocenters. The molecule has 4 aromatic carbocycles. The van der Waals surface area contributed by atoms with Gasteiger partial charge < -0.3 is 19.6 Å². The largest absolute Gasteiger partial charge is 0.478 e. The van der Waals surface area contributed by atoms with Gasteiger partial charge in [0.05, 0.1) is 38.9 Å². The van der Waals surface area contributed by atoms with E-state index in [1.807, 2.05) is 31.1 Å². The number of aromatic carboxylic acids is 1. The van der Waals surface area contributed by atoms with Crippen LogP contribution in [0.3, 0.4) is 0 Å². The fourth-order valence-electron chi connectivity index (χ4n) is 4.07. The van der Waals surface area contributed by atoms with E-state index in [0.29, 0.717) is 11.4 Å². The zero-order chi connectivity index (χ0) is 34.1. The number of carboxylic acids is 1. The van der Waals surface area contributed by atoms with Crippen LogP contribution in [0.25, 0.3) is 0 Å². The zero-order valence-corrected chi connectivity index (χ0v) is 25.4. The summed E-state index contributed by atoms with van der Waals surface area (Å²) < 4.78 is 5.33. The second-order valence-electron chi connectivity index (χ2n) is 10.1. The molecule has 0 amide bonds. The van der Waals surface area contributed by atoms with Crippen molar-refractivity contribution in [2.45, 2.75) is 0 Å². The van der Waals surface area contributed by atoms with E-state index in [1.54, 1.807) is 48.3 Å². The summed E-state index contributed by atoms with van der Waals surface area (Å²) in [6.07, 6.45) is 0. The van der Waals surface area contributed by atoms with Crippen LogP contribution in [0.4, 0.5) is 45.5 Å². The molecule has 0 fully saturated rings. The third-order valence-electron chi connectivity index (χ3n) is 6.69. The molecule has 1 N–H and O–H groups in total. The van der Waals surface area contributed by atoms with E-state index < -0.39 is 33.2 Å². The molecule has 0 radical (unpaired) electrons. The quantitative estimate of drug-likeness (QED) is 0.0663. The summed E-state index contributed by atoms with van der Waals surface area (Å²) in [6.45, 7) is 0.265. The number of anilines is 2. The highest BCUT2D eigenvalue weighted by molar-refractivity contribution is 5.91. The van der Waals surface area contributed by atoms with Gasteiger partial charge in [-0.05, 0) is 72.8 Å². The fraction of sp³-hybridized carbons (Fsp3) is 0.161. The van der Waals surface area contributed by atoms with Crippen molar-refractivity contribution in [3.8, 4) is 0 Å². The Bertz CT molecular complexity index is 1860. The van der Waals surface area contributed by atoms with Gasteiger partial charge in [-0.2, -0.15) is 10.2 Å². The molecule has 4 aromatic rings. The third-order valence-corrected chi connectivity index (χ3v) is 6.69. The van der Waals surface area contributed by atoms with Crippen molar-refractivity contribution in [2.24, 2.45) is 20.5 Å². The predicted octanol–water partition coefficient (Wildman–Crippen LogP) is 7.39. The van der Waals surface area contributed by atoms with Crippen molar-refractivity contribution in [1.82, 2.24) is 0 Å². The van der Waals surface area contributed by atoms with Crippen LogP contribution in [0.2, 0.25) is 0 Å². The first-order valence-electron chi connectivity index (χ1n) is 13.8. The van der Waals surface area contributed by atoms with E-state index in [9.17, 15) is 29.8 Å². The minimum absolute atomic E-state index is 0.0128. The van der Waals surface area contributed by atoms with Gasteiger partial charge in [-0.15, -0.1) is 10.2 Å². The Kier molecular flexibility index (Phi) is 10.6. The first-order chi connectivity index (χ1) is 22.4. The number of hydrogen-bond donors (Lipinski definition) is 1. The monoisotopic (exact) mass is 640 g/mol. The second-order valence-corrected chi connectivity index (χ2v) is 10.1. The van der Waals surface area contributed by atoms with Crippen molar-refractivity contribution in [2.75, 3.05) is 44.1 Å². The smallest absolute Gasteiger partial charge is 0.338 e. The van der Waals surface area contributed by atoms with E-state index in [2.05, 4.69) is 20.5 Å². The normalized spacial score (nSPS) is 11.0. The third kappa shape index (κ3) is 8.75. The van der Waals surface area contributed by atoms with Gasteiger partial charge in [-0.25, -0.2) is 9.59 Å². The molecule has 0 saturated carbocycles. The van der Waals surface area contributed by atoms with E-state index >= 15 is 0 Å². The van der Waals surface area contributed by atoms with Crippen LogP contribution < -0.4 is 9.80 Å². The number of benzene rings is 4. The first-order valence-corrected chi connectivity index (χ1v) is 13.8. The van der Waals surface area contributed by atoms with Crippen LogP contribution in [0, 0.1) is 20.2 Å². The van der Waals surface area contributed by atoms with E-state index in [4.69, 9.17) is 9.84 Å². The topological polar surface area (TPSA) is 206 Å². The van der Waals surface area contributed by atoms with Crippen molar-refractivity contribution >= 4 is 57.4 Å². The van der Waals surface area contributed by atoms with Crippen LogP contribution in [0.5, 0.6) is 0 Å². The summed E-state index contributed by atoms with van der Waals surface area (Å²) in [7, 11) is 5.56. The van der Waals surface area contributed by atoms with Crippen molar-refractivity contribution < 1.29 is 29.3 Å². The number of nitro groups is 2. The fourth-order valence-corrected chi connectivity index (χ4v) is 4.07. The van der Waals surface area contributed by atoms with E-state index in [-0.39, 0.29) is 35.7 Å². The molecule has 0 aliphatic heterocycles. The number of nitrogens with zero attached hydrogens (tertiary/aromatic N) is 8. The highest BCUT2D eigenvalue weighted by atomic mass is 16.6. The Labute approximate surface area is 267 Å². The van der Waals surface area contributed by atoms with Gasteiger partial charge in [0.1, 0.15) is 6.61 Å². The lowest BCUT2D eigenvalue weighted by Crippen LogP contribution is -2.23. The molecule has 0 aliphatic rings. The molecule has 4 rings (SSSR count). The Morgan fingerprint density at radius 2 is 1.17 bits per heavy atom. The molecule has 0 aliphatic carbocycles. The number of carbonyl (C=O) groups is 2. The summed E-state index contributed by atoms with van der Waals surface area (Å²) >= 11 is 0. The number of hydrogen-bond acceptors (Lipinski definition) is 13. The molecule has 0 spiro atoms. The van der Waals surface area contributed by atoms with E-state index in [1.165, 1.54) is 24.3 Å². The number of carbonyl (C=O) groups excluding carboxylic acids is 1. The number of ether oxygens (including phenoxy) is 1. The Balaban J connectivity index is 1.34. The number of rotatable bonds is 13. The van der Waals surface area contributed by atoms with Gasteiger partial charge in [0.2, 0.25) is 0 Å². The van der Waals surface area contributed by atoms with Gasteiger partial charge in [0.25, 0.3) is 11.4 Å². The molecule has 16 heteroatoms. The SMILES string of the molecule is CN(C)c1ccc(N=Nc2ccc(C(=O)OCCN(C)c3ccc(N=Nc4ccc(C(=O)O)cc4[N+](=O)[O-])cc3)cc2[N+](=O)[O-])cc1. The second kappa shape index (κ2) is 14.9. The van der Waals surface area contributed by atoms with Crippen molar-refractivity contribution in [3.63, 3.8) is 0 Å². The number of carboxylic acid groups (broad SMARTS) is 1. The van der Waals surface area contributed by atoms with Gasteiger partial charge >= 0.3 is 11.9 Å². The first kappa shape index (κ1) is 33.3. The van der Waals surface area contributed by atoms with Gasteiger partial charge in [-0.1, -0.05) is 0 Å². The minimum atomic E-state index is -1.30. The van der Waals surface area contributed by atoms with Gasteiger partial charge in [0.15, 0.2) is 11.4 Å². The van der Waals surface area contributed by atoms with Crippen molar-refractivity contribution in [3.05, 3.63) is 116 Å². The summed E-state index contributed by atoms with van der Waals surface area (Å²) in [5.74, 6) is -2.04. The van der Waals surface area contributed by atoms with Crippen molar-refractivity contribution in [1.29, 1.82) is 0 Å². The predicted molar refractivity (Wildman–Crippen MR) is 172 cm³/mol. The molecular weight excluding hydrogens is 612 g/mol. The molecular formula is C31H28N8O8. The van der Waals surface area contributed by atoms with Crippen LogP contribution in [0.1, 0.15) is 20.7 Å². The molecule has 16 nitrogen and oxygen atoms in total. The average molecular weight is 641 g/mol. The highest BCUT2D eigenvalue weighted by Gasteiger charge is 2.19. The van der Waals surface area contributed by atoms with Crippen LogP contribution in [0.15, 0.2) is 105 Å². The molecule has 0 aromatic heterocycles. The lowest BCUT2D eigenvalue weighted by Gasteiger charge is -2.19. The molecule has 240 valence electrons. The maximum absolute atomic E-state index is 12.7. The van der Waals surface area contributed by atoms with Gasteiger partial charge in [0, 0.05) is 44.7 Å². The number of esters is 1.